The van der Waals surface area contributed by atoms with E-state index in [0.29, 0.717) is 27.3 Å². The number of aromatic nitrogens is 3. The van der Waals surface area contributed by atoms with Crippen LogP contribution in [0.1, 0.15) is 15.5 Å². The molecule has 0 saturated carbocycles. The third-order valence-electron chi connectivity index (χ3n) is 3.81. The standard InChI is InChI=1S/C20H15ClN4O2S/c21-14-6-8-16(9-7-14)27-12-19-22-17(13-28-19)20(26)23-18-10-11-25(24-18)15-4-2-1-3-5-15/h1-11,13H,12H2,(H,23,24,26). The van der Waals surface area contributed by atoms with Crippen LogP contribution in [-0.4, -0.2) is 20.7 Å². The van der Waals surface area contributed by atoms with Gasteiger partial charge in [0.25, 0.3) is 5.91 Å². The molecule has 0 bridgehead atoms. The molecule has 0 aliphatic carbocycles. The first-order valence-corrected chi connectivity index (χ1v) is 9.68. The molecule has 0 aliphatic rings. The Morgan fingerprint density at radius 2 is 1.89 bits per heavy atom. The molecule has 1 amide bonds. The van der Waals surface area contributed by atoms with Gasteiger partial charge in [-0.1, -0.05) is 29.8 Å². The largest absolute Gasteiger partial charge is 0.486 e. The van der Waals surface area contributed by atoms with E-state index >= 15 is 0 Å². The summed E-state index contributed by atoms with van der Waals surface area (Å²) >= 11 is 7.22. The van der Waals surface area contributed by atoms with Crippen molar-refractivity contribution in [3.05, 3.63) is 88.0 Å². The zero-order valence-corrected chi connectivity index (χ0v) is 16.2. The predicted octanol–water partition coefficient (Wildman–Crippen LogP) is 4.81. The highest BCUT2D eigenvalue weighted by atomic mass is 35.5. The molecule has 2 aromatic carbocycles. The lowest BCUT2D eigenvalue weighted by atomic mass is 10.3. The van der Waals surface area contributed by atoms with E-state index in [2.05, 4.69) is 15.4 Å². The number of anilines is 1. The smallest absolute Gasteiger partial charge is 0.276 e. The molecule has 8 heteroatoms. The van der Waals surface area contributed by atoms with Gasteiger partial charge in [-0.25, -0.2) is 9.67 Å². The SMILES string of the molecule is O=C(Nc1ccn(-c2ccccc2)n1)c1csc(COc2ccc(Cl)cc2)n1. The number of nitrogens with one attached hydrogen (secondary N) is 1. The van der Waals surface area contributed by atoms with Gasteiger partial charge in [0.15, 0.2) is 5.82 Å². The second-order valence-electron chi connectivity index (χ2n) is 5.80. The first-order chi connectivity index (χ1) is 13.7. The number of para-hydroxylation sites is 1. The summed E-state index contributed by atoms with van der Waals surface area (Å²) in [6.45, 7) is 0.280. The molecule has 0 fully saturated rings. The number of rotatable bonds is 6. The number of thiazole rings is 1. The van der Waals surface area contributed by atoms with Crippen molar-refractivity contribution in [2.75, 3.05) is 5.32 Å². The summed E-state index contributed by atoms with van der Waals surface area (Å²) in [6.07, 6.45) is 1.79. The van der Waals surface area contributed by atoms with Crippen LogP contribution in [0, 0.1) is 0 Å². The number of nitrogens with zero attached hydrogens (tertiary/aromatic N) is 3. The molecule has 0 spiro atoms. The first-order valence-electron chi connectivity index (χ1n) is 8.42. The zero-order valence-electron chi connectivity index (χ0n) is 14.6. The van der Waals surface area contributed by atoms with Gasteiger partial charge in [0.05, 0.1) is 5.69 Å². The lowest BCUT2D eigenvalue weighted by molar-refractivity contribution is 0.102. The lowest BCUT2D eigenvalue weighted by Gasteiger charge is -2.03. The van der Waals surface area contributed by atoms with Crippen LogP contribution in [0.25, 0.3) is 5.69 Å². The predicted molar refractivity (Wildman–Crippen MR) is 109 cm³/mol. The summed E-state index contributed by atoms with van der Waals surface area (Å²) in [5.74, 6) is 0.838. The number of ether oxygens (including phenoxy) is 1. The van der Waals surface area contributed by atoms with E-state index in [0.717, 1.165) is 5.69 Å². The summed E-state index contributed by atoms with van der Waals surface area (Å²) in [5.41, 5.74) is 1.24. The number of carbonyl (C=O) groups is 1. The maximum Gasteiger partial charge on any atom is 0.276 e. The van der Waals surface area contributed by atoms with E-state index in [1.807, 2.05) is 30.3 Å². The van der Waals surface area contributed by atoms with Crippen molar-refractivity contribution in [3.63, 3.8) is 0 Å². The molecule has 4 rings (SSSR count). The van der Waals surface area contributed by atoms with E-state index in [9.17, 15) is 4.79 Å². The molecular formula is C20H15ClN4O2S. The maximum absolute atomic E-state index is 12.4. The normalized spacial score (nSPS) is 10.6. The highest BCUT2D eigenvalue weighted by Crippen LogP contribution is 2.19. The quantitative estimate of drug-likeness (QED) is 0.495. The van der Waals surface area contributed by atoms with Crippen LogP contribution in [-0.2, 0) is 6.61 Å². The molecule has 28 heavy (non-hydrogen) atoms. The van der Waals surface area contributed by atoms with Gasteiger partial charge in [-0.3, -0.25) is 4.79 Å². The molecule has 2 aromatic heterocycles. The molecule has 140 valence electrons. The van der Waals surface area contributed by atoms with E-state index in [1.165, 1.54) is 11.3 Å². The average molecular weight is 411 g/mol. The summed E-state index contributed by atoms with van der Waals surface area (Å²) < 4.78 is 7.35. The Labute approximate surface area is 170 Å². The van der Waals surface area contributed by atoms with Crippen LogP contribution in [0.4, 0.5) is 5.82 Å². The molecule has 0 saturated heterocycles. The fraction of sp³-hybridized carbons (Fsp3) is 0.0500. The van der Waals surface area contributed by atoms with Crippen LogP contribution >= 0.6 is 22.9 Å². The number of benzene rings is 2. The summed E-state index contributed by atoms with van der Waals surface area (Å²) in [4.78, 5) is 16.7. The van der Waals surface area contributed by atoms with Gasteiger partial charge in [0.1, 0.15) is 23.1 Å². The third kappa shape index (κ3) is 4.39. The lowest BCUT2D eigenvalue weighted by Crippen LogP contribution is -2.13. The Morgan fingerprint density at radius 3 is 2.68 bits per heavy atom. The van der Waals surface area contributed by atoms with Gasteiger partial charge in [0.2, 0.25) is 0 Å². The minimum atomic E-state index is -0.313. The summed E-state index contributed by atoms with van der Waals surface area (Å²) in [5, 5.41) is 10.2. The number of halogens is 1. The minimum Gasteiger partial charge on any atom is -0.486 e. The molecule has 0 aliphatic heterocycles. The molecule has 1 N–H and O–H groups in total. The Bertz CT molecular complexity index is 1080. The monoisotopic (exact) mass is 410 g/mol. The van der Waals surface area contributed by atoms with Gasteiger partial charge < -0.3 is 10.1 Å². The maximum atomic E-state index is 12.4. The molecule has 6 nitrogen and oxygen atoms in total. The first kappa shape index (κ1) is 18.2. The highest BCUT2D eigenvalue weighted by Gasteiger charge is 2.13. The molecule has 4 aromatic rings. The van der Waals surface area contributed by atoms with Crippen LogP contribution < -0.4 is 10.1 Å². The Morgan fingerprint density at radius 1 is 1.11 bits per heavy atom. The van der Waals surface area contributed by atoms with Crippen molar-refractivity contribution in [2.24, 2.45) is 0 Å². The van der Waals surface area contributed by atoms with Crippen molar-refractivity contribution in [1.82, 2.24) is 14.8 Å². The fourth-order valence-electron chi connectivity index (χ4n) is 2.45. The molecule has 0 unspecified atom stereocenters. The Hall–Kier alpha value is -3.16. The van der Waals surface area contributed by atoms with Gasteiger partial charge in [-0.2, -0.15) is 5.10 Å². The van der Waals surface area contributed by atoms with Crippen LogP contribution in [0.2, 0.25) is 5.02 Å². The van der Waals surface area contributed by atoms with E-state index < -0.39 is 0 Å². The third-order valence-corrected chi connectivity index (χ3v) is 4.89. The summed E-state index contributed by atoms with van der Waals surface area (Å²) in [6, 6.07) is 18.5. The number of hydrogen-bond donors (Lipinski definition) is 1. The van der Waals surface area contributed by atoms with Crippen molar-refractivity contribution < 1.29 is 9.53 Å². The molecule has 2 heterocycles. The number of hydrogen-bond acceptors (Lipinski definition) is 5. The fourth-order valence-corrected chi connectivity index (χ4v) is 3.26. The van der Waals surface area contributed by atoms with Crippen molar-refractivity contribution in [3.8, 4) is 11.4 Å². The Kier molecular flexibility index (Phi) is 5.36. The van der Waals surface area contributed by atoms with Crippen LogP contribution in [0.3, 0.4) is 0 Å². The van der Waals surface area contributed by atoms with Crippen molar-refractivity contribution >= 4 is 34.7 Å². The molecule has 0 atom stereocenters. The zero-order chi connectivity index (χ0) is 19.3. The average Bonchev–Trinajstić information content (AvgIpc) is 3.38. The summed E-state index contributed by atoms with van der Waals surface area (Å²) in [7, 11) is 0. The minimum absolute atomic E-state index is 0.280. The number of amides is 1. The Balaban J connectivity index is 1.37. The van der Waals surface area contributed by atoms with Crippen LogP contribution in [0.15, 0.2) is 72.2 Å². The van der Waals surface area contributed by atoms with E-state index in [1.54, 1.807) is 46.6 Å². The van der Waals surface area contributed by atoms with Gasteiger partial charge in [-0.15, -0.1) is 11.3 Å². The van der Waals surface area contributed by atoms with Gasteiger partial charge in [0, 0.05) is 22.7 Å². The van der Waals surface area contributed by atoms with Crippen LogP contribution in [0.5, 0.6) is 5.75 Å². The van der Waals surface area contributed by atoms with Crippen molar-refractivity contribution in [1.29, 1.82) is 0 Å². The van der Waals surface area contributed by atoms with E-state index in [4.69, 9.17) is 16.3 Å². The highest BCUT2D eigenvalue weighted by molar-refractivity contribution is 7.09. The second-order valence-corrected chi connectivity index (χ2v) is 7.18. The second kappa shape index (κ2) is 8.24. The van der Waals surface area contributed by atoms with E-state index in [-0.39, 0.29) is 12.5 Å². The molecule has 0 radical (unpaired) electrons. The molecular weight excluding hydrogens is 396 g/mol. The van der Waals surface area contributed by atoms with Gasteiger partial charge >= 0.3 is 0 Å². The van der Waals surface area contributed by atoms with Gasteiger partial charge in [-0.05, 0) is 36.4 Å². The number of carbonyl (C=O) groups excluding carboxylic acids is 1. The topological polar surface area (TPSA) is 69.0 Å². The van der Waals surface area contributed by atoms with Crippen molar-refractivity contribution in [2.45, 2.75) is 6.61 Å².